The lowest BCUT2D eigenvalue weighted by Gasteiger charge is -2.22. The molecule has 0 bridgehead atoms. The highest BCUT2D eigenvalue weighted by molar-refractivity contribution is 5.87. The van der Waals surface area contributed by atoms with E-state index in [1.165, 1.54) is 6.92 Å². The molecule has 1 fully saturated rings. The highest BCUT2D eigenvalue weighted by Gasteiger charge is 2.28. The van der Waals surface area contributed by atoms with Gasteiger partial charge in [-0.15, -0.1) is 0 Å². The summed E-state index contributed by atoms with van der Waals surface area (Å²) in [7, 11) is 0. The van der Waals surface area contributed by atoms with Crippen LogP contribution in [0, 0.1) is 19.8 Å². The van der Waals surface area contributed by atoms with Crippen molar-refractivity contribution in [2.24, 2.45) is 5.92 Å². The Hall–Kier alpha value is -2.28. The quantitative estimate of drug-likeness (QED) is 0.871. The molecule has 0 aliphatic carbocycles. The molecule has 134 valence electrons. The van der Waals surface area contributed by atoms with E-state index < -0.39 is 0 Å². The Labute approximate surface area is 148 Å². The number of nitrogens with one attached hydrogen (secondary N) is 2. The fourth-order valence-electron chi connectivity index (χ4n) is 3.47. The Kier molecular flexibility index (Phi) is 5.13. The SMILES string of the molecule is CC(=O)Nc1cc([C@@H](C)N2CC[C@H](Cc3ncc(C)nc3C)C2)n[nH]1. The highest BCUT2D eigenvalue weighted by Crippen LogP contribution is 2.29. The molecular formula is C18H26N6O. The van der Waals surface area contributed by atoms with Crippen molar-refractivity contribution in [2.75, 3.05) is 18.4 Å². The van der Waals surface area contributed by atoms with Crippen molar-refractivity contribution in [1.82, 2.24) is 25.1 Å². The molecule has 0 saturated carbocycles. The summed E-state index contributed by atoms with van der Waals surface area (Å²) in [6.07, 6.45) is 3.98. The van der Waals surface area contributed by atoms with Crippen molar-refractivity contribution in [2.45, 2.75) is 46.6 Å². The summed E-state index contributed by atoms with van der Waals surface area (Å²) in [5, 5.41) is 9.95. The van der Waals surface area contributed by atoms with E-state index in [0.717, 1.165) is 48.7 Å². The summed E-state index contributed by atoms with van der Waals surface area (Å²) in [6, 6.07) is 2.13. The van der Waals surface area contributed by atoms with E-state index in [9.17, 15) is 4.79 Å². The Morgan fingerprint density at radius 3 is 3.00 bits per heavy atom. The standard InChI is InChI=1S/C18H26N6O/c1-11-9-19-16(12(2)20-11)7-15-5-6-24(10-15)13(3)17-8-18(23-22-17)21-14(4)25/h8-9,13,15H,5-7,10H2,1-4H3,(H2,21,22,23,25)/t13-,15-/m1/s1. The zero-order valence-electron chi connectivity index (χ0n) is 15.3. The number of aromatic nitrogens is 4. The molecule has 1 amide bonds. The second-order valence-electron chi connectivity index (χ2n) is 6.96. The molecule has 25 heavy (non-hydrogen) atoms. The zero-order valence-corrected chi connectivity index (χ0v) is 15.3. The van der Waals surface area contributed by atoms with Crippen LogP contribution in [0.1, 0.15) is 49.1 Å². The van der Waals surface area contributed by atoms with Gasteiger partial charge in [0.25, 0.3) is 0 Å². The van der Waals surface area contributed by atoms with Crippen LogP contribution in [-0.4, -0.2) is 44.1 Å². The Morgan fingerprint density at radius 2 is 2.28 bits per heavy atom. The molecule has 3 heterocycles. The van der Waals surface area contributed by atoms with E-state index in [-0.39, 0.29) is 11.9 Å². The molecule has 0 unspecified atom stereocenters. The Balaban J connectivity index is 1.60. The number of likely N-dealkylation sites (tertiary alicyclic amines) is 1. The monoisotopic (exact) mass is 342 g/mol. The van der Waals surface area contributed by atoms with Gasteiger partial charge in [-0.1, -0.05) is 0 Å². The normalized spacial score (nSPS) is 19.1. The van der Waals surface area contributed by atoms with Crippen LogP contribution in [-0.2, 0) is 11.2 Å². The third kappa shape index (κ3) is 4.22. The average Bonchev–Trinajstić information content (AvgIpc) is 3.18. The van der Waals surface area contributed by atoms with E-state index in [1.807, 2.05) is 26.1 Å². The summed E-state index contributed by atoms with van der Waals surface area (Å²) in [6.45, 7) is 9.74. The predicted octanol–water partition coefficient (Wildman–Crippen LogP) is 2.40. The van der Waals surface area contributed by atoms with Gasteiger partial charge in [0.05, 0.1) is 28.8 Å². The minimum atomic E-state index is -0.0985. The third-order valence-corrected chi connectivity index (χ3v) is 4.85. The van der Waals surface area contributed by atoms with Gasteiger partial charge in [0.1, 0.15) is 5.82 Å². The molecule has 3 rings (SSSR count). The van der Waals surface area contributed by atoms with E-state index in [0.29, 0.717) is 11.7 Å². The van der Waals surface area contributed by atoms with Crippen LogP contribution in [0.5, 0.6) is 0 Å². The molecule has 7 nitrogen and oxygen atoms in total. The Morgan fingerprint density at radius 1 is 1.48 bits per heavy atom. The first-order valence-electron chi connectivity index (χ1n) is 8.78. The van der Waals surface area contributed by atoms with Crippen LogP contribution in [0.3, 0.4) is 0 Å². The molecule has 0 aromatic carbocycles. The van der Waals surface area contributed by atoms with Gasteiger partial charge in [-0.25, -0.2) is 0 Å². The van der Waals surface area contributed by atoms with Crippen molar-refractivity contribution in [3.05, 3.63) is 35.0 Å². The maximum absolute atomic E-state index is 11.1. The van der Waals surface area contributed by atoms with Crippen LogP contribution in [0.25, 0.3) is 0 Å². The van der Waals surface area contributed by atoms with Crippen LogP contribution in [0.2, 0.25) is 0 Å². The summed E-state index contributed by atoms with van der Waals surface area (Å²) < 4.78 is 0. The molecule has 1 saturated heterocycles. The number of carbonyl (C=O) groups is 1. The highest BCUT2D eigenvalue weighted by atomic mass is 16.1. The summed E-state index contributed by atoms with van der Waals surface area (Å²) in [5.74, 6) is 1.14. The molecule has 2 atom stereocenters. The number of amides is 1. The van der Waals surface area contributed by atoms with E-state index in [2.05, 4.69) is 37.3 Å². The molecule has 1 aliphatic rings. The molecule has 2 N–H and O–H groups in total. The zero-order chi connectivity index (χ0) is 18.0. The fraction of sp³-hybridized carbons (Fsp3) is 0.556. The first-order chi connectivity index (χ1) is 11.9. The first kappa shape index (κ1) is 17.5. The van der Waals surface area contributed by atoms with Gasteiger partial charge in [0, 0.05) is 25.7 Å². The average molecular weight is 342 g/mol. The van der Waals surface area contributed by atoms with Crippen molar-refractivity contribution < 1.29 is 4.79 Å². The maximum atomic E-state index is 11.1. The van der Waals surface area contributed by atoms with Crippen LogP contribution >= 0.6 is 0 Å². The third-order valence-electron chi connectivity index (χ3n) is 4.85. The number of H-pyrrole nitrogens is 1. The number of nitrogens with zero attached hydrogens (tertiary/aromatic N) is 4. The number of anilines is 1. The number of rotatable bonds is 5. The van der Waals surface area contributed by atoms with Crippen LogP contribution in [0.4, 0.5) is 5.82 Å². The lowest BCUT2D eigenvalue weighted by Crippen LogP contribution is -2.25. The van der Waals surface area contributed by atoms with Gasteiger partial charge in [-0.2, -0.15) is 5.10 Å². The maximum Gasteiger partial charge on any atom is 0.222 e. The number of aryl methyl sites for hydroxylation is 2. The lowest BCUT2D eigenvalue weighted by molar-refractivity contribution is -0.114. The van der Waals surface area contributed by atoms with E-state index >= 15 is 0 Å². The smallest absolute Gasteiger partial charge is 0.222 e. The van der Waals surface area contributed by atoms with E-state index in [1.54, 1.807) is 0 Å². The molecular weight excluding hydrogens is 316 g/mol. The number of hydrogen-bond acceptors (Lipinski definition) is 5. The summed E-state index contributed by atoms with van der Waals surface area (Å²) >= 11 is 0. The topological polar surface area (TPSA) is 86.8 Å². The number of carbonyl (C=O) groups excluding carboxylic acids is 1. The van der Waals surface area contributed by atoms with Gasteiger partial charge in [-0.3, -0.25) is 24.8 Å². The molecule has 2 aromatic rings. The minimum absolute atomic E-state index is 0.0985. The van der Waals surface area contributed by atoms with Crippen molar-refractivity contribution in [1.29, 1.82) is 0 Å². The minimum Gasteiger partial charge on any atom is -0.311 e. The molecule has 0 spiro atoms. The number of hydrogen-bond donors (Lipinski definition) is 2. The number of aromatic amines is 1. The van der Waals surface area contributed by atoms with E-state index in [4.69, 9.17) is 0 Å². The Bertz CT molecular complexity index is 756. The second-order valence-corrected chi connectivity index (χ2v) is 6.96. The molecule has 1 aliphatic heterocycles. The first-order valence-corrected chi connectivity index (χ1v) is 8.78. The fourth-order valence-corrected chi connectivity index (χ4v) is 3.47. The van der Waals surface area contributed by atoms with Crippen LogP contribution < -0.4 is 5.32 Å². The van der Waals surface area contributed by atoms with Crippen molar-refractivity contribution in [3.63, 3.8) is 0 Å². The molecule has 7 heteroatoms. The van der Waals surface area contributed by atoms with Gasteiger partial charge in [0.2, 0.25) is 5.91 Å². The van der Waals surface area contributed by atoms with Gasteiger partial charge >= 0.3 is 0 Å². The predicted molar refractivity (Wildman–Crippen MR) is 96.2 cm³/mol. The second kappa shape index (κ2) is 7.31. The molecule has 2 aromatic heterocycles. The summed E-state index contributed by atoms with van der Waals surface area (Å²) in [5.41, 5.74) is 4.07. The van der Waals surface area contributed by atoms with Gasteiger partial charge in [-0.05, 0) is 46.1 Å². The van der Waals surface area contributed by atoms with Crippen molar-refractivity contribution in [3.8, 4) is 0 Å². The van der Waals surface area contributed by atoms with Gasteiger partial charge in [0.15, 0.2) is 0 Å². The van der Waals surface area contributed by atoms with Gasteiger partial charge < -0.3 is 5.32 Å². The summed E-state index contributed by atoms with van der Waals surface area (Å²) in [4.78, 5) is 22.7. The molecule has 0 radical (unpaired) electrons. The lowest BCUT2D eigenvalue weighted by atomic mass is 10.0. The van der Waals surface area contributed by atoms with Crippen LogP contribution in [0.15, 0.2) is 12.3 Å². The van der Waals surface area contributed by atoms with Crippen molar-refractivity contribution >= 4 is 11.7 Å². The largest absolute Gasteiger partial charge is 0.311 e.